The number of aromatic nitrogens is 2. The van der Waals surface area contributed by atoms with Gasteiger partial charge in [-0.2, -0.15) is 0 Å². The molecule has 1 aromatic heterocycles. The molecule has 32 heavy (non-hydrogen) atoms. The van der Waals surface area contributed by atoms with Crippen LogP contribution in [0.4, 0.5) is 0 Å². The lowest BCUT2D eigenvalue weighted by atomic mass is 10.0. The van der Waals surface area contributed by atoms with Crippen LogP contribution in [-0.2, 0) is 13.2 Å². The predicted molar refractivity (Wildman–Crippen MR) is 123 cm³/mol. The Bertz CT molecular complexity index is 1510. The Kier molecular flexibility index (Phi) is 5.17. The van der Waals surface area contributed by atoms with E-state index in [1.54, 1.807) is 0 Å². The minimum atomic E-state index is -0.762. The molecule has 5 rings (SSSR count). The number of ether oxygens (including phenoxy) is 1. The fraction of sp³-hybridized carbons (Fsp3) is 0.0769. The zero-order valence-corrected chi connectivity index (χ0v) is 17.2. The van der Waals surface area contributed by atoms with Gasteiger partial charge >= 0.3 is 11.4 Å². The van der Waals surface area contributed by atoms with E-state index in [0.29, 0.717) is 6.61 Å². The topological polar surface area (TPSA) is 77.2 Å². The monoisotopic (exact) mass is 424 g/mol. The average Bonchev–Trinajstić information content (AvgIpc) is 3.14. The van der Waals surface area contributed by atoms with E-state index >= 15 is 0 Å². The maximum absolute atomic E-state index is 11.7. The summed E-state index contributed by atoms with van der Waals surface area (Å²) in [6.45, 7) is 0.646. The van der Waals surface area contributed by atoms with Crippen molar-refractivity contribution in [3.05, 3.63) is 123 Å². The van der Waals surface area contributed by atoms with Gasteiger partial charge in [-0.05, 0) is 57.3 Å². The fourth-order valence-corrected chi connectivity index (χ4v) is 3.69. The van der Waals surface area contributed by atoms with E-state index in [-0.39, 0.29) is 6.54 Å². The normalized spacial score (nSPS) is 11.0. The van der Waals surface area contributed by atoms with Gasteiger partial charge in [0.1, 0.15) is 12.4 Å². The molecule has 0 atom stereocenters. The van der Waals surface area contributed by atoms with Gasteiger partial charge in [0.15, 0.2) is 0 Å². The van der Waals surface area contributed by atoms with E-state index in [1.165, 1.54) is 10.8 Å². The third kappa shape index (κ3) is 4.25. The minimum Gasteiger partial charge on any atom is -0.489 e. The fourth-order valence-electron chi connectivity index (χ4n) is 3.69. The molecule has 0 amide bonds. The van der Waals surface area contributed by atoms with Crippen LogP contribution < -0.4 is 16.2 Å². The van der Waals surface area contributed by atoms with Gasteiger partial charge in [0.05, 0.1) is 6.54 Å². The van der Waals surface area contributed by atoms with E-state index in [9.17, 15) is 9.59 Å². The second-order valence-electron chi connectivity index (χ2n) is 7.54. The van der Waals surface area contributed by atoms with Crippen molar-refractivity contribution >= 4 is 10.8 Å². The number of hydrogen-bond donors (Lipinski definition) is 1. The molecule has 0 aliphatic heterocycles. The Hall–Kier alpha value is -4.32. The van der Waals surface area contributed by atoms with Gasteiger partial charge < -0.3 is 9.26 Å². The van der Waals surface area contributed by atoms with Crippen molar-refractivity contribution in [2.45, 2.75) is 13.2 Å². The lowest BCUT2D eigenvalue weighted by Gasteiger charge is -2.10. The summed E-state index contributed by atoms with van der Waals surface area (Å²) < 4.78 is 11.9. The Morgan fingerprint density at radius 3 is 2.34 bits per heavy atom. The molecule has 0 fully saturated rings. The van der Waals surface area contributed by atoms with Crippen molar-refractivity contribution in [3.8, 4) is 16.9 Å². The molecule has 5 aromatic rings. The van der Waals surface area contributed by atoms with Crippen LogP contribution in [0.1, 0.15) is 11.1 Å². The van der Waals surface area contributed by atoms with Crippen molar-refractivity contribution in [1.29, 1.82) is 0 Å². The third-order valence-electron chi connectivity index (χ3n) is 5.27. The summed E-state index contributed by atoms with van der Waals surface area (Å²) >= 11 is 0. The first-order valence-electron chi connectivity index (χ1n) is 10.2. The highest BCUT2D eigenvalue weighted by molar-refractivity contribution is 5.83. The maximum atomic E-state index is 11.7. The number of fused-ring (bicyclic) bond motifs is 1. The molecule has 0 spiro atoms. The number of H-pyrrole nitrogens is 1. The number of hydrogen-bond acceptors (Lipinski definition) is 4. The van der Waals surface area contributed by atoms with Crippen LogP contribution in [0.3, 0.4) is 0 Å². The summed E-state index contributed by atoms with van der Waals surface area (Å²) in [6.07, 6.45) is 0. The van der Waals surface area contributed by atoms with Gasteiger partial charge in [-0.15, -0.1) is 4.74 Å². The van der Waals surface area contributed by atoms with Crippen LogP contribution in [0.5, 0.6) is 5.75 Å². The Morgan fingerprint density at radius 2 is 1.53 bits per heavy atom. The van der Waals surface area contributed by atoms with Gasteiger partial charge in [0.25, 0.3) is 0 Å². The number of nitrogens with one attached hydrogen (secondary N) is 1. The van der Waals surface area contributed by atoms with Crippen molar-refractivity contribution < 1.29 is 9.26 Å². The van der Waals surface area contributed by atoms with Crippen molar-refractivity contribution in [2.75, 3.05) is 0 Å². The van der Waals surface area contributed by atoms with E-state index in [2.05, 4.69) is 35.3 Å². The van der Waals surface area contributed by atoms with Crippen LogP contribution in [0, 0.1) is 0 Å². The van der Waals surface area contributed by atoms with Crippen LogP contribution in [0.2, 0.25) is 0 Å². The second-order valence-corrected chi connectivity index (χ2v) is 7.54. The zero-order chi connectivity index (χ0) is 21.9. The quantitative estimate of drug-likeness (QED) is 0.433. The summed E-state index contributed by atoms with van der Waals surface area (Å²) in [5, 5.41) is 2.40. The summed E-state index contributed by atoms with van der Waals surface area (Å²) in [6, 6.07) is 30.2. The molecule has 0 aliphatic rings. The SMILES string of the molecule is O=c1[nH]c(=O)n(Cc2cccc(-c3cccc(OCc4ccc5ccccc5c4)c3)c2)o1. The van der Waals surface area contributed by atoms with Crippen molar-refractivity contribution in [2.24, 2.45) is 0 Å². The summed E-state index contributed by atoms with van der Waals surface area (Å²) in [5.41, 5.74) is 3.35. The second kappa shape index (κ2) is 8.43. The first-order chi connectivity index (χ1) is 15.6. The molecule has 1 heterocycles. The zero-order valence-electron chi connectivity index (χ0n) is 17.2. The van der Waals surface area contributed by atoms with E-state index in [4.69, 9.17) is 9.26 Å². The molecule has 0 aliphatic carbocycles. The van der Waals surface area contributed by atoms with Gasteiger partial charge in [-0.1, -0.05) is 66.7 Å². The molecule has 0 radical (unpaired) electrons. The third-order valence-corrected chi connectivity index (χ3v) is 5.27. The first-order valence-corrected chi connectivity index (χ1v) is 10.2. The lowest BCUT2D eigenvalue weighted by molar-refractivity contribution is 0.258. The number of rotatable bonds is 6. The van der Waals surface area contributed by atoms with Crippen LogP contribution in [0.25, 0.3) is 21.9 Å². The molecule has 4 aromatic carbocycles. The number of aromatic amines is 1. The summed E-state index contributed by atoms with van der Waals surface area (Å²) in [7, 11) is 0. The standard InChI is InChI=1S/C26H20N2O4/c29-25-27-26(30)32-28(25)16-18-5-3-8-22(13-18)23-9-4-10-24(15-23)31-17-19-11-12-20-6-1-2-7-21(20)14-19/h1-15H,16-17H2,(H,27,29,30). The molecule has 158 valence electrons. The molecular weight excluding hydrogens is 404 g/mol. The van der Waals surface area contributed by atoms with Gasteiger partial charge in [0.2, 0.25) is 0 Å². The molecule has 6 heteroatoms. The average molecular weight is 424 g/mol. The predicted octanol–water partition coefficient (Wildman–Crippen LogP) is 4.58. The molecule has 0 unspecified atom stereocenters. The highest BCUT2D eigenvalue weighted by atomic mass is 16.5. The highest BCUT2D eigenvalue weighted by Crippen LogP contribution is 2.26. The largest absolute Gasteiger partial charge is 0.489 e. The van der Waals surface area contributed by atoms with E-state index < -0.39 is 11.4 Å². The lowest BCUT2D eigenvalue weighted by Crippen LogP contribution is -2.17. The van der Waals surface area contributed by atoms with Gasteiger partial charge in [-0.25, -0.2) is 14.6 Å². The Morgan fingerprint density at radius 1 is 0.750 bits per heavy atom. The molecule has 1 N–H and O–H groups in total. The van der Waals surface area contributed by atoms with Crippen molar-refractivity contribution in [1.82, 2.24) is 9.72 Å². The van der Waals surface area contributed by atoms with Crippen LogP contribution >= 0.6 is 0 Å². The number of benzene rings is 4. The summed E-state index contributed by atoms with van der Waals surface area (Å²) in [5.74, 6) is 0.0105. The highest BCUT2D eigenvalue weighted by Gasteiger charge is 2.07. The van der Waals surface area contributed by atoms with E-state index in [1.807, 2.05) is 60.7 Å². The Balaban J connectivity index is 1.33. The summed E-state index contributed by atoms with van der Waals surface area (Å²) in [4.78, 5) is 25.0. The van der Waals surface area contributed by atoms with E-state index in [0.717, 1.165) is 32.7 Å². The maximum Gasteiger partial charge on any atom is 0.440 e. The van der Waals surface area contributed by atoms with Crippen LogP contribution in [0.15, 0.2) is 105 Å². The van der Waals surface area contributed by atoms with Crippen LogP contribution in [-0.4, -0.2) is 9.72 Å². The smallest absolute Gasteiger partial charge is 0.440 e. The van der Waals surface area contributed by atoms with Gasteiger partial charge in [-0.3, -0.25) is 0 Å². The number of nitrogens with zero attached hydrogens (tertiary/aromatic N) is 1. The Labute approximate surface area is 183 Å². The van der Waals surface area contributed by atoms with Crippen molar-refractivity contribution in [3.63, 3.8) is 0 Å². The molecule has 0 bridgehead atoms. The minimum absolute atomic E-state index is 0.170. The van der Waals surface area contributed by atoms with Gasteiger partial charge in [0, 0.05) is 0 Å². The molecule has 0 saturated heterocycles. The first kappa shape index (κ1) is 19.6. The molecule has 0 saturated carbocycles. The molecule has 6 nitrogen and oxygen atoms in total. The molecular formula is C26H20N2O4.